The first-order valence-corrected chi connectivity index (χ1v) is 8.64. The maximum atomic E-state index is 12.3. The number of aromatic nitrogens is 1. The van der Waals surface area contributed by atoms with Crippen LogP contribution in [0, 0.1) is 6.92 Å². The molecule has 0 fully saturated rings. The third-order valence-corrected chi connectivity index (χ3v) is 4.96. The topological polar surface area (TPSA) is 85.4 Å². The maximum absolute atomic E-state index is 12.3. The number of anilines is 1. The predicted molar refractivity (Wildman–Crippen MR) is 84.9 cm³/mol. The van der Waals surface area contributed by atoms with Crippen LogP contribution in [0.3, 0.4) is 0 Å². The summed E-state index contributed by atoms with van der Waals surface area (Å²) in [4.78, 5) is 27.4. The first-order valence-electron chi connectivity index (χ1n) is 6.26. The van der Waals surface area contributed by atoms with E-state index in [-0.39, 0.29) is 11.3 Å². The van der Waals surface area contributed by atoms with Gasteiger partial charge < -0.3 is 4.74 Å². The molecule has 0 aliphatic rings. The lowest BCUT2D eigenvalue weighted by molar-refractivity contribution is -0.131. The molecular formula is C14H14N2O4S2. The van der Waals surface area contributed by atoms with Gasteiger partial charge >= 0.3 is 5.97 Å². The van der Waals surface area contributed by atoms with Crippen molar-refractivity contribution in [2.24, 2.45) is 0 Å². The Morgan fingerprint density at radius 3 is 2.68 bits per heavy atom. The molecular weight excluding hydrogens is 324 g/mol. The van der Waals surface area contributed by atoms with Gasteiger partial charge in [-0.25, -0.2) is 4.98 Å². The normalized spacial score (nSPS) is 11.8. The number of nitrogens with zero attached hydrogens (tertiary/aromatic N) is 1. The van der Waals surface area contributed by atoms with Crippen molar-refractivity contribution < 1.29 is 18.5 Å². The summed E-state index contributed by atoms with van der Waals surface area (Å²) in [5.74, 6) is -0.759. The summed E-state index contributed by atoms with van der Waals surface area (Å²) in [6.07, 6.45) is 3.00. The van der Waals surface area contributed by atoms with E-state index in [1.807, 2.05) is 6.92 Å². The van der Waals surface area contributed by atoms with Crippen LogP contribution in [0.15, 0.2) is 28.6 Å². The molecule has 2 rings (SSSR count). The molecule has 116 valence electrons. The van der Waals surface area contributed by atoms with Crippen LogP contribution >= 0.6 is 11.3 Å². The number of aryl methyl sites for hydroxylation is 1. The van der Waals surface area contributed by atoms with E-state index in [4.69, 9.17) is 4.74 Å². The molecule has 0 aliphatic heterocycles. The zero-order valence-corrected chi connectivity index (χ0v) is 13.8. The summed E-state index contributed by atoms with van der Waals surface area (Å²) in [7, 11) is -1.15. The van der Waals surface area contributed by atoms with E-state index < -0.39 is 22.7 Å². The lowest BCUT2D eigenvalue weighted by Gasteiger charge is -2.09. The van der Waals surface area contributed by atoms with Crippen molar-refractivity contribution in [3.05, 3.63) is 35.5 Å². The number of carbonyl (C=O) groups is 2. The Morgan fingerprint density at radius 1 is 1.36 bits per heavy atom. The lowest BCUT2D eigenvalue weighted by Crippen LogP contribution is -2.15. The number of ether oxygens (including phenoxy) is 1. The second-order valence-corrected chi connectivity index (χ2v) is 7.12. The van der Waals surface area contributed by atoms with Crippen molar-refractivity contribution in [1.82, 2.24) is 4.98 Å². The lowest BCUT2D eigenvalue weighted by atomic mass is 10.1. The third-order valence-electron chi connectivity index (χ3n) is 2.62. The zero-order valence-electron chi connectivity index (χ0n) is 12.2. The summed E-state index contributed by atoms with van der Waals surface area (Å²) in [6.45, 7) is 3.10. The second kappa shape index (κ2) is 6.80. The Balaban J connectivity index is 2.26. The summed E-state index contributed by atoms with van der Waals surface area (Å²) < 4.78 is 17.0. The van der Waals surface area contributed by atoms with Crippen LogP contribution in [-0.2, 0) is 15.6 Å². The molecule has 0 bridgehead atoms. The van der Waals surface area contributed by atoms with E-state index in [9.17, 15) is 13.8 Å². The van der Waals surface area contributed by atoms with Gasteiger partial charge in [-0.15, -0.1) is 0 Å². The number of rotatable bonds is 4. The first-order chi connectivity index (χ1) is 10.4. The number of hydrogen-bond donors (Lipinski definition) is 1. The molecule has 2 aromatic rings. The number of carbonyl (C=O) groups excluding carboxylic acids is 2. The molecule has 22 heavy (non-hydrogen) atoms. The van der Waals surface area contributed by atoms with Gasteiger partial charge in [-0.1, -0.05) is 23.0 Å². The Hall–Kier alpha value is -2.06. The van der Waals surface area contributed by atoms with E-state index in [1.165, 1.54) is 13.1 Å². The highest BCUT2D eigenvalue weighted by Gasteiger charge is 2.16. The Bertz CT molecular complexity index is 755. The van der Waals surface area contributed by atoms with Crippen LogP contribution in [-0.4, -0.2) is 27.3 Å². The first kappa shape index (κ1) is 16.3. The quantitative estimate of drug-likeness (QED) is 0.683. The molecule has 1 N–H and O–H groups in total. The van der Waals surface area contributed by atoms with Crippen molar-refractivity contribution in [2.45, 2.75) is 18.1 Å². The second-order valence-electron chi connectivity index (χ2n) is 4.49. The van der Waals surface area contributed by atoms with Gasteiger partial charge in [0.05, 0.1) is 22.6 Å². The van der Waals surface area contributed by atoms with E-state index in [0.717, 1.165) is 16.9 Å². The largest absolute Gasteiger partial charge is 0.426 e. The van der Waals surface area contributed by atoms with Crippen LogP contribution in [0.25, 0.3) is 0 Å². The van der Waals surface area contributed by atoms with Gasteiger partial charge in [0.1, 0.15) is 9.96 Å². The predicted octanol–water partition coefficient (Wildman–Crippen LogP) is 2.37. The van der Waals surface area contributed by atoms with Gasteiger partial charge in [0, 0.05) is 13.2 Å². The molecule has 1 amide bonds. The monoisotopic (exact) mass is 338 g/mol. The molecule has 0 spiro atoms. The molecule has 1 heterocycles. The van der Waals surface area contributed by atoms with Crippen molar-refractivity contribution in [3.8, 4) is 5.75 Å². The molecule has 0 aliphatic carbocycles. The van der Waals surface area contributed by atoms with Gasteiger partial charge in [-0.3, -0.25) is 19.1 Å². The smallest absolute Gasteiger partial charge is 0.308 e. The number of nitrogens with one attached hydrogen (secondary N) is 1. The van der Waals surface area contributed by atoms with Gasteiger partial charge in [-0.2, -0.15) is 0 Å². The van der Waals surface area contributed by atoms with Crippen LogP contribution in [0.2, 0.25) is 0 Å². The van der Waals surface area contributed by atoms with E-state index >= 15 is 0 Å². The zero-order chi connectivity index (χ0) is 16.3. The summed E-state index contributed by atoms with van der Waals surface area (Å²) in [5.41, 5.74) is 1.10. The van der Waals surface area contributed by atoms with Crippen LogP contribution in [0.4, 0.5) is 5.13 Å². The molecule has 1 aromatic heterocycles. The highest BCUT2D eigenvalue weighted by molar-refractivity contribution is 7.86. The fraction of sp³-hybridized carbons (Fsp3) is 0.214. The third kappa shape index (κ3) is 3.99. The Labute approximate surface area is 134 Å². The van der Waals surface area contributed by atoms with Crippen LogP contribution in [0.5, 0.6) is 5.75 Å². The number of benzene rings is 1. The molecule has 1 atom stereocenters. The van der Waals surface area contributed by atoms with E-state index in [0.29, 0.717) is 9.34 Å². The van der Waals surface area contributed by atoms with Crippen LogP contribution < -0.4 is 10.1 Å². The van der Waals surface area contributed by atoms with Gasteiger partial charge in [0.2, 0.25) is 0 Å². The number of esters is 1. The molecule has 8 heteroatoms. The maximum Gasteiger partial charge on any atom is 0.308 e. The van der Waals surface area contributed by atoms with E-state index in [1.54, 1.807) is 24.5 Å². The van der Waals surface area contributed by atoms with Crippen molar-refractivity contribution in [1.29, 1.82) is 0 Å². The van der Waals surface area contributed by atoms with Crippen LogP contribution in [0.1, 0.15) is 22.8 Å². The van der Waals surface area contributed by atoms with Gasteiger partial charge in [0.15, 0.2) is 5.13 Å². The average Bonchev–Trinajstić information content (AvgIpc) is 2.89. The molecule has 1 aromatic carbocycles. The minimum Gasteiger partial charge on any atom is -0.426 e. The van der Waals surface area contributed by atoms with Crippen molar-refractivity contribution >= 4 is 39.1 Å². The fourth-order valence-electron chi connectivity index (χ4n) is 1.68. The Kier molecular flexibility index (Phi) is 5.04. The number of amides is 1. The minimum absolute atomic E-state index is 0.187. The standard InChI is InChI=1S/C14H14N2O4S2/c1-8-4-5-11(20-9(2)17)10(6-8)13(18)16-14-15-7-12(21-14)22(3)19/h4-7H,1-3H3,(H,15,16,18). The summed E-state index contributed by atoms with van der Waals surface area (Å²) >= 11 is 1.14. The minimum atomic E-state index is -1.15. The summed E-state index contributed by atoms with van der Waals surface area (Å²) in [6, 6.07) is 4.94. The molecule has 1 unspecified atom stereocenters. The SMILES string of the molecule is CC(=O)Oc1ccc(C)cc1C(=O)Nc1ncc(S(C)=O)s1. The number of thiazole rings is 1. The molecule has 0 saturated carbocycles. The van der Waals surface area contributed by atoms with Gasteiger partial charge in [-0.05, 0) is 19.1 Å². The van der Waals surface area contributed by atoms with Gasteiger partial charge in [0.25, 0.3) is 5.91 Å². The fourth-order valence-corrected chi connectivity index (χ4v) is 3.13. The highest BCUT2D eigenvalue weighted by atomic mass is 32.2. The van der Waals surface area contributed by atoms with Crippen molar-refractivity contribution in [2.75, 3.05) is 11.6 Å². The average molecular weight is 338 g/mol. The molecule has 0 saturated heterocycles. The highest BCUT2D eigenvalue weighted by Crippen LogP contribution is 2.24. The Morgan fingerprint density at radius 2 is 2.09 bits per heavy atom. The summed E-state index contributed by atoms with van der Waals surface area (Å²) in [5, 5.41) is 2.96. The van der Waals surface area contributed by atoms with Crippen molar-refractivity contribution in [3.63, 3.8) is 0 Å². The number of hydrogen-bond acceptors (Lipinski definition) is 6. The molecule has 6 nitrogen and oxygen atoms in total. The molecule has 0 radical (unpaired) electrons. The van der Waals surface area contributed by atoms with E-state index in [2.05, 4.69) is 10.3 Å².